The zero-order valence-corrected chi connectivity index (χ0v) is 20.8. The van der Waals surface area contributed by atoms with Crippen molar-refractivity contribution in [3.05, 3.63) is 12.2 Å². The van der Waals surface area contributed by atoms with Crippen LogP contribution in [0.1, 0.15) is 72.6 Å². The van der Waals surface area contributed by atoms with Crippen molar-refractivity contribution in [2.45, 2.75) is 103 Å². The maximum atomic E-state index is 12.3. The zero-order valence-electron chi connectivity index (χ0n) is 20.8. The van der Waals surface area contributed by atoms with Gasteiger partial charge in [-0.3, -0.25) is 0 Å². The summed E-state index contributed by atoms with van der Waals surface area (Å²) in [5.74, 6) is -0.148. The molecule has 0 aromatic carbocycles. The summed E-state index contributed by atoms with van der Waals surface area (Å²) in [5.41, 5.74) is -1.92. The number of aliphatic hydroxyl groups is 6. The van der Waals surface area contributed by atoms with E-state index in [0.717, 1.165) is 19.3 Å². The Balaban J connectivity index is 1.64. The van der Waals surface area contributed by atoms with E-state index < -0.39 is 41.3 Å². The predicted molar refractivity (Wildman–Crippen MR) is 126 cm³/mol. The van der Waals surface area contributed by atoms with Crippen LogP contribution in [0.3, 0.4) is 0 Å². The molecule has 0 amide bonds. The Morgan fingerprint density at radius 3 is 2.24 bits per heavy atom. The molecule has 4 aliphatic rings. The molecule has 1 unspecified atom stereocenters. The number of allylic oxidation sites excluding steroid dienone is 2. The molecule has 0 radical (unpaired) electrons. The normalized spacial score (nSPS) is 53.9. The van der Waals surface area contributed by atoms with Crippen LogP contribution in [0.4, 0.5) is 0 Å². The fraction of sp³-hybridized carbons (Fsp3) is 0.926. The lowest BCUT2D eigenvalue weighted by Gasteiger charge is -2.66. The molecule has 0 bridgehead atoms. The summed E-state index contributed by atoms with van der Waals surface area (Å²) < 4.78 is 0. The molecular weight excluding hydrogens is 420 g/mol. The minimum absolute atomic E-state index is 0.123. The van der Waals surface area contributed by atoms with Gasteiger partial charge in [0, 0.05) is 24.9 Å². The molecule has 0 spiro atoms. The predicted octanol–water partition coefficient (Wildman–Crippen LogP) is 2.24. The largest absolute Gasteiger partial charge is 0.396 e. The van der Waals surface area contributed by atoms with Gasteiger partial charge in [-0.1, -0.05) is 39.8 Å². The van der Waals surface area contributed by atoms with Gasteiger partial charge in [-0.15, -0.1) is 0 Å². The first-order chi connectivity index (χ1) is 15.4. The Morgan fingerprint density at radius 1 is 0.909 bits per heavy atom. The van der Waals surface area contributed by atoms with Gasteiger partial charge < -0.3 is 30.6 Å². The number of hydrogen-bond donors (Lipinski definition) is 6. The molecule has 0 aromatic rings. The van der Waals surface area contributed by atoms with Crippen molar-refractivity contribution in [2.24, 2.45) is 46.3 Å². The Morgan fingerprint density at radius 2 is 1.58 bits per heavy atom. The van der Waals surface area contributed by atoms with Crippen LogP contribution in [0.2, 0.25) is 0 Å². The van der Waals surface area contributed by atoms with E-state index in [1.165, 1.54) is 0 Å². The van der Waals surface area contributed by atoms with Crippen LogP contribution in [0.15, 0.2) is 12.2 Å². The first kappa shape index (κ1) is 25.6. The van der Waals surface area contributed by atoms with Crippen LogP contribution in [0.5, 0.6) is 0 Å². The van der Waals surface area contributed by atoms with E-state index in [4.69, 9.17) is 0 Å². The molecular formula is C27H46O6. The number of fused-ring (bicyclic) bond motifs is 5. The smallest absolute Gasteiger partial charge is 0.0857 e. The highest BCUT2D eigenvalue weighted by Gasteiger charge is 2.71. The molecule has 0 aromatic heterocycles. The van der Waals surface area contributed by atoms with Crippen molar-refractivity contribution in [1.82, 2.24) is 0 Å². The van der Waals surface area contributed by atoms with Crippen molar-refractivity contribution in [2.75, 3.05) is 6.61 Å². The summed E-state index contributed by atoms with van der Waals surface area (Å²) in [6, 6.07) is 0. The maximum Gasteiger partial charge on any atom is 0.0857 e. The summed E-state index contributed by atoms with van der Waals surface area (Å²) in [6.45, 7) is 8.74. The van der Waals surface area contributed by atoms with Crippen molar-refractivity contribution in [3.8, 4) is 0 Å². The van der Waals surface area contributed by atoms with E-state index in [1.54, 1.807) is 0 Å². The van der Waals surface area contributed by atoms with Gasteiger partial charge in [0.25, 0.3) is 0 Å². The third-order valence-corrected chi connectivity index (χ3v) is 10.8. The van der Waals surface area contributed by atoms with E-state index in [1.807, 2.05) is 0 Å². The van der Waals surface area contributed by atoms with E-state index in [2.05, 4.69) is 39.8 Å². The summed E-state index contributed by atoms with van der Waals surface area (Å²) >= 11 is 0. The second-order valence-electron chi connectivity index (χ2n) is 12.6. The lowest BCUT2D eigenvalue weighted by atomic mass is 9.41. The lowest BCUT2D eigenvalue weighted by molar-refractivity contribution is -0.280. The molecule has 13 atom stereocenters. The van der Waals surface area contributed by atoms with Gasteiger partial charge in [-0.2, -0.15) is 0 Å². The summed E-state index contributed by atoms with van der Waals surface area (Å²) in [5, 5.41) is 65.1. The second-order valence-corrected chi connectivity index (χ2v) is 12.6. The van der Waals surface area contributed by atoms with Gasteiger partial charge in [-0.25, -0.2) is 0 Å². The van der Waals surface area contributed by atoms with Crippen LogP contribution < -0.4 is 0 Å². The summed E-state index contributed by atoms with van der Waals surface area (Å²) in [6.07, 6.45) is 5.34. The zero-order chi connectivity index (χ0) is 24.3. The molecule has 190 valence electrons. The number of hydrogen-bond acceptors (Lipinski definition) is 6. The molecule has 33 heavy (non-hydrogen) atoms. The minimum Gasteiger partial charge on any atom is -0.396 e. The monoisotopic (exact) mass is 466 g/mol. The average molecular weight is 467 g/mol. The minimum atomic E-state index is -1.19. The topological polar surface area (TPSA) is 121 Å². The highest BCUT2D eigenvalue weighted by Crippen LogP contribution is 2.69. The third-order valence-electron chi connectivity index (χ3n) is 10.8. The van der Waals surface area contributed by atoms with E-state index in [0.29, 0.717) is 25.2 Å². The van der Waals surface area contributed by atoms with Crippen LogP contribution in [-0.4, -0.2) is 67.3 Å². The first-order valence-corrected chi connectivity index (χ1v) is 13.1. The van der Waals surface area contributed by atoms with Crippen LogP contribution in [-0.2, 0) is 0 Å². The standard InChI is InChI=1S/C27H46O6/c1-15(9-12-28)5-6-16(2)17-13-19(30)24-25(17,3)11-8-21-26(4)10-7-18(29)23(32)22(26)20(31)14-27(21,24)33/h5-6,15-24,28-33H,7-14H2,1-4H3/b6-5+/t15?,16-,17-,18+,19-,20+,21-,22+,23+,24-,25-,26-,27+/m1/s1. The highest BCUT2D eigenvalue weighted by molar-refractivity contribution is 5.21. The van der Waals surface area contributed by atoms with Gasteiger partial charge in [0.15, 0.2) is 0 Å². The van der Waals surface area contributed by atoms with Gasteiger partial charge in [-0.05, 0) is 73.0 Å². The Kier molecular flexibility index (Phi) is 6.87. The number of rotatable bonds is 5. The molecule has 6 N–H and O–H groups in total. The lowest BCUT2D eigenvalue weighted by Crippen LogP contribution is -2.70. The Labute approximate surface area is 198 Å². The molecule has 4 saturated carbocycles. The van der Waals surface area contributed by atoms with Crippen molar-refractivity contribution < 1.29 is 30.6 Å². The summed E-state index contributed by atoms with van der Waals surface area (Å²) in [4.78, 5) is 0. The van der Waals surface area contributed by atoms with E-state index >= 15 is 0 Å². The van der Waals surface area contributed by atoms with Crippen molar-refractivity contribution in [1.29, 1.82) is 0 Å². The molecule has 0 saturated heterocycles. The summed E-state index contributed by atoms with van der Waals surface area (Å²) in [7, 11) is 0. The van der Waals surface area contributed by atoms with Crippen molar-refractivity contribution >= 4 is 0 Å². The molecule has 4 aliphatic carbocycles. The Hall–Kier alpha value is -0.500. The Bertz CT molecular complexity index is 742. The average Bonchev–Trinajstić information content (AvgIpc) is 3.00. The van der Waals surface area contributed by atoms with Crippen molar-refractivity contribution in [3.63, 3.8) is 0 Å². The van der Waals surface area contributed by atoms with Crippen LogP contribution in [0.25, 0.3) is 0 Å². The van der Waals surface area contributed by atoms with E-state index in [-0.39, 0.29) is 42.1 Å². The third kappa shape index (κ3) is 3.84. The fourth-order valence-corrected chi connectivity index (χ4v) is 9.25. The molecule has 4 fully saturated rings. The van der Waals surface area contributed by atoms with Crippen LogP contribution >= 0.6 is 0 Å². The molecule has 6 nitrogen and oxygen atoms in total. The van der Waals surface area contributed by atoms with E-state index in [9.17, 15) is 30.6 Å². The molecule has 4 rings (SSSR count). The molecule has 0 aliphatic heterocycles. The maximum absolute atomic E-state index is 12.3. The second kappa shape index (κ2) is 8.86. The molecule has 0 heterocycles. The quantitative estimate of drug-likeness (QED) is 0.346. The SMILES string of the molecule is CC(/C=C/[C@@H](C)[C@H]1C[C@@H](O)[C@@H]2[C@]1(C)CC[C@@H]1[C@@]3(C)CC[C@H](O)[C@H](O)[C@@H]3[C@@H](O)C[C@]12O)CCO. The highest BCUT2D eigenvalue weighted by atomic mass is 16.3. The molecule has 6 heteroatoms. The number of aliphatic hydroxyl groups excluding tert-OH is 5. The van der Waals surface area contributed by atoms with Gasteiger partial charge in [0.05, 0.1) is 30.0 Å². The first-order valence-electron chi connectivity index (χ1n) is 13.1. The van der Waals surface area contributed by atoms with Gasteiger partial charge in [0.1, 0.15) is 0 Å². The van der Waals surface area contributed by atoms with Crippen LogP contribution in [0, 0.1) is 46.3 Å². The van der Waals surface area contributed by atoms with Gasteiger partial charge >= 0.3 is 0 Å². The fourth-order valence-electron chi connectivity index (χ4n) is 9.25. The van der Waals surface area contributed by atoms with Gasteiger partial charge in [0.2, 0.25) is 0 Å².